The minimum atomic E-state index is -3.85. The van der Waals surface area contributed by atoms with Crippen molar-refractivity contribution < 1.29 is 22.4 Å². The van der Waals surface area contributed by atoms with E-state index >= 15 is 0 Å². The van der Waals surface area contributed by atoms with Crippen LogP contribution >= 0.6 is 0 Å². The predicted octanol–water partition coefficient (Wildman–Crippen LogP) is 2.20. The fraction of sp³-hybridized carbons (Fsp3) is 0.263. The second-order valence-corrected chi connectivity index (χ2v) is 7.86. The first-order chi connectivity index (χ1) is 13.3. The highest BCUT2D eigenvalue weighted by molar-refractivity contribution is 7.89. The number of hydrogen-bond donors (Lipinski definition) is 1. The van der Waals surface area contributed by atoms with Crippen molar-refractivity contribution >= 4 is 27.1 Å². The molecular formula is C19H20N2O6S. The Labute approximate surface area is 161 Å². The van der Waals surface area contributed by atoms with E-state index in [1.807, 2.05) is 30.3 Å². The van der Waals surface area contributed by atoms with Crippen molar-refractivity contribution in [2.45, 2.75) is 31.3 Å². The molecule has 0 radical (unpaired) electrons. The van der Waals surface area contributed by atoms with Crippen LogP contribution in [-0.4, -0.2) is 25.6 Å². The summed E-state index contributed by atoms with van der Waals surface area (Å²) in [5, 5.41) is 0. The lowest BCUT2D eigenvalue weighted by Gasteiger charge is -2.14. The van der Waals surface area contributed by atoms with Crippen LogP contribution in [0.1, 0.15) is 25.5 Å². The largest absolute Gasteiger partial charge is 0.465 e. The lowest BCUT2D eigenvalue weighted by Crippen LogP contribution is -2.26. The molecule has 8 nitrogen and oxygen atoms in total. The molecular weight excluding hydrogens is 384 g/mol. The molecule has 0 fully saturated rings. The number of rotatable bonds is 7. The van der Waals surface area contributed by atoms with Gasteiger partial charge in [-0.2, -0.15) is 0 Å². The van der Waals surface area contributed by atoms with E-state index in [4.69, 9.17) is 9.15 Å². The molecule has 1 aromatic heterocycles. The van der Waals surface area contributed by atoms with Crippen LogP contribution in [0.2, 0.25) is 0 Å². The highest BCUT2D eigenvalue weighted by atomic mass is 32.2. The normalized spacial score (nSPS) is 12.8. The molecule has 148 valence electrons. The van der Waals surface area contributed by atoms with E-state index in [0.717, 1.165) is 10.1 Å². The van der Waals surface area contributed by atoms with Crippen LogP contribution in [0.4, 0.5) is 0 Å². The quantitative estimate of drug-likeness (QED) is 0.605. The molecule has 0 aliphatic rings. The number of nitrogens with one attached hydrogen (secondary N) is 1. The Kier molecular flexibility index (Phi) is 5.66. The zero-order valence-electron chi connectivity index (χ0n) is 15.4. The van der Waals surface area contributed by atoms with Crippen LogP contribution < -0.4 is 10.5 Å². The summed E-state index contributed by atoms with van der Waals surface area (Å²) in [4.78, 5) is 23.6. The molecule has 9 heteroatoms. The van der Waals surface area contributed by atoms with Gasteiger partial charge in [-0.05, 0) is 31.5 Å². The van der Waals surface area contributed by atoms with Crippen molar-refractivity contribution in [1.29, 1.82) is 0 Å². The average Bonchev–Trinajstić information content (AvgIpc) is 2.97. The van der Waals surface area contributed by atoms with Crippen LogP contribution in [0, 0.1) is 0 Å². The van der Waals surface area contributed by atoms with E-state index in [2.05, 4.69) is 4.72 Å². The number of carbonyl (C=O) groups is 1. The Bertz CT molecular complexity index is 1150. The fourth-order valence-corrected chi connectivity index (χ4v) is 4.06. The first-order valence-corrected chi connectivity index (χ1v) is 10.2. The Morgan fingerprint density at radius 1 is 1.21 bits per heavy atom. The Balaban J connectivity index is 1.89. The number of benzene rings is 2. The number of fused-ring (bicyclic) bond motifs is 1. The molecule has 0 amide bonds. The fourth-order valence-electron chi connectivity index (χ4n) is 2.81. The molecule has 1 N–H and O–H groups in total. The number of ether oxygens (including phenoxy) is 1. The number of aromatic nitrogens is 1. The van der Waals surface area contributed by atoms with Crippen LogP contribution in [0.5, 0.6) is 0 Å². The van der Waals surface area contributed by atoms with E-state index in [1.165, 1.54) is 18.2 Å². The summed E-state index contributed by atoms with van der Waals surface area (Å²) in [6.45, 7) is 3.28. The smallest absolute Gasteiger partial charge is 0.420 e. The van der Waals surface area contributed by atoms with Crippen molar-refractivity contribution in [3.05, 3.63) is 64.6 Å². The minimum absolute atomic E-state index is 0.0418. The molecule has 0 aliphatic carbocycles. The van der Waals surface area contributed by atoms with Gasteiger partial charge in [0.05, 0.1) is 17.0 Å². The second kappa shape index (κ2) is 7.99. The van der Waals surface area contributed by atoms with Gasteiger partial charge in [0.2, 0.25) is 10.0 Å². The van der Waals surface area contributed by atoms with Crippen molar-refractivity contribution in [3.8, 4) is 0 Å². The highest BCUT2D eigenvalue weighted by Crippen LogP contribution is 2.21. The van der Waals surface area contributed by atoms with Gasteiger partial charge in [-0.25, -0.2) is 17.9 Å². The molecule has 3 aromatic rings. The van der Waals surface area contributed by atoms with Gasteiger partial charge in [0.25, 0.3) is 0 Å². The standard InChI is InChI=1S/C19H20N2O6S/c1-3-26-18(22)12-21-16-10-9-15(11-17(16)27-19(21)23)28(24,25)20-13(2)14-7-5-4-6-8-14/h4-11,13,20H,3,12H2,1-2H3/t13-/m0/s1. The van der Waals surface area contributed by atoms with E-state index in [9.17, 15) is 18.0 Å². The second-order valence-electron chi connectivity index (χ2n) is 6.14. The summed E-state index contributed by atoms with van der Waals surface area (Å²) in [5.41, 5.74) is 1.21. The third-order valence-electron chi connectivity index (χ3n) is 4.17. The van der Waals surface area contributed by atoms with Crippen LogP contribution in [-0.2, 0) is 26.1 Å². The van der Waals surface area contributed by atoms with Crippen molar-refractivity contribution in [2.75, 3.05) is 6.61 Å². The highest BCUT2D eigenvalue weighted by Gasteiger charge is 2.21. The van der Waals surface area contributed by atoms with Gasteiger partial charge in [-0.15, -0.1) is 0 Å². The molecule has 0 saturated heterocycles. The molecule has 1 atom stereocenters. The molecule has 3 rings (SSSR count). The number of nitrogens with zero attached hydrogens (tertiary/aromatic N) is 1. The van der Waals surface area contributed by atoms with Crippen molar-refractivity contribution in [1.82, 2.24) is 9.29 Å². The summed E-state index contributed by atoms with van der Waals surface area (Å²) in [6, 6.07) is 12.8. The van der Waals surface area contributed by atoms with Gasteiger partial charge >= 0.3 is 11.7 Å². The Morgan fingerprint density at radius 2 is 1.93 bits per heavy atom. The van der Waals surface area contributed by atoms with Crippen molar-refractivity contribution in [2.24, 2.45) is 0 Å². The van der Waals surface area contributed by atoms with E-state index in [0.29, 0.717) is 5.52 Å². The molecule has 28 heavy (non-hydrogen) atoms. The summed E-state index contributed by atoms with van der Waals surface area (Å²) in [5.74, 6) is -1.34. The third kappa shape index (κ3) is 4.15. The van der Waals surface area contributed by atoms with E-state index in [-0.39, 0.29) is 23.6 Å². The summed E-state index contributed by atoms with van der Waals surface area (Å²) in [7, 11) is -3.85. The molecule has 0 spiro atoms. The zero-order chi connectivity index (χ0) is 20.3. The number of esters is 1. The van der Waals surface area contributed by atoms with Gasteiger partial charge in [-0.1, -0.05) is 30.3 Å². The molecule has 0 aliphatic heterocycles. The molecule has 0 saturated carbocycles. The van der Waals surface area contributed by atoms with Gasteiger partial charge in [0.15, 0.2) is 5.58 Å². The third-order valence-corrected chi connectivity index (χ3v) is 5.71. The first kappa shape index (κ1) is 19.8. The lowest BCUT2D eigenvalue weighted by atomic mass is 10.1. The first-order valence-electron chi connectivity index (χ1n) is 8.68. The summed E-state index contributed by atoms with van der Waals surface area (Å²) >= 11 is 0. The predicted molar refractivity (Wildman–Crippen MR) is 102 cm³/mol. The van der Waals surface area contributed by atoms with Crippen LogP contribution in [0.15, 0.2) is 62.6 Å². The number of carbonyl (C=O) groups excluding carboxylic acids is 1. The lowest BCUT2D eigenvalue weighted by molar-refractivity contribution is -0.143. The van der Waals surface area contributed by atoms with Crippen LogP contribution in [0.25, 0.3) is 11.1 Å². The molecule has 2 aromatic carbocycles. The zero-order valence-corrected chi connectivity index (χ0v) is 16.2. The molecule has 0 bridgehead atoms. The van der Waals surface area contributed by atoms with Crippen molar-refractivity contribution in [3.63, 3.8) is 0 Å². The summed E-state index contributed by atoms with van der Waals surface area (Å²) < 4.78 is 39.0. The number of hydrogen-bond acceptors (Lipinski definition) is 6. The maximum Gasteiger partial charge on any atom is 0.420 e. The van der Waals surface area contributed by atoms with Gasteiger partial charge < -0.3 is 9.15 Å². The maximum atomic E-state index is 12.7. The number of sulfonamides is 1. The Morgan fingerprint density at radius 3 is 2.61 bits per heavy atom. The van der Waals surface area contributed by atoms with Crippen LogP contribution in [0.3, 0.4) is 0 Å². The number of oxazole rings is 1. The van der Waals surface area contributed by atoms with Gasteiger partial charge in [0, 0.05) is 12.1 Å². The van der Waals surface area contributed by atoms with E-state index in [1.54, 1.807) is 13.8 Å². The van der Waals surface area contributed by atoms with Gasteiger partial charge in [0.1, 0.15) is 6.54 Å². The Hall–Kier alpha value is -2.91. The topological polar surface area (TPSA) is 108 Å². The average molecular weight is 404 g/mol. The maximum absolute atomic E-state index is 12.7. The van der Waals surface area contributed by atoms with Gasteiger partial charge in [-0.3, -0.25) is 9.36 Å². The van der Waals surface area contributed by atoms with E-state index < -0.39 is 27.8 Å². The molecule has 1 heterocycles. The summed E-state index contributed by atoms with van der Waals surface area (Å²) in [6.07, 6.45) is 0. The monoisotopic (exact) mass is 404 g/mol. The molecule has 0 unspecified atom stereocenters. The SMILES string of the molecule is CCOC(=O)Cn1c(=O)oc2cc(S(=O)(=O)N[C@@H](C)c3ccccc3)ccc21. The minimum Gasteiger partial charge on any atom is -0.465 e.